The van der Waals surface area contributed by atoms with Gasteiger partial charge in [0, 0.05) is 51.4 Å². The van der Waals surface area contributed by atoms with Crippen molar-refractivity contribution in [1.29, 1.82) is 0 Å². The van der Waals surface area contributed by atoms with Gasteiger partial charge in [-0.15, -0.1) is 34.2 Å². The van der Waals surface area contributed by atoms with Crippen molar-refractivity contribution in [1.82, 2.24) is 30.1 Å². The number of guanidine groups is 1. The molecule has 0 amide bonds. The predicted octanol–water partition coefficient (Wildman–Crippen LogP) is 3.25. The number of hydrogen-bond donors (Lipinski definition) is 2. The summed E-state index contributed by atoms with van der Waals surface area (Å²) in [5, 5.41) is 15.4. The Morgan fingerprint density at radius 2 is 1.91 bits per heavy atom. The van der Waals surface area contributed by atoms with Crippen LogP contribution in [-0.4, -0.2) is 57.7 Å². The number of nitrogens with one attached hydrogen (secondary N) is 2. The lowest BCUT2D eigenvalue weighted by molar-refractivity contribution is 0.198. The summed E-state index contributed by atoms with van der Waals surface area (Å²) in [5.41, 5.74) is 2.02. The average molecular weight is 551 g/mol. The van der Waals surface area contributed by atoms with Crippen LogP contribution < -0.4 is 10.6 Å². The SMILES string of the molecule is CCNC(=NCCc1nnc2ccccn12)NC1CCN(Cc2ccc(F)cc2)CC1.I. The van der Waals surface area contributed by atoms with Crippen molar-refractivity contribution in [2.24, 2.45) is 4.99 Å². The van der Waals surface area contributed by atoms with Crippen LogP contribution in [0.25, 0.3) is 5.65 Å². The van der Waals surface area contributed by atoms with Crippen molar-refractivity contribution >= 4 is 35.6 Å². The number of aliphatic imine (C=N–C) groups is 1. The van der Waals surface area contributed by atoms with Gasteiger partial charge in [0.05, 0.1) is 0 Å². The first-order valence-corrected chi connectivity index (χ1v) is 11.0. The van der Waals surface area contributed by atoms with Gasteiger partial charge in [-0.3, -0.25) is 14.3 Å². The zero-order chi connectivity index (χ0) is 21.5. The maximum Gasteiger partial charge on any atom is 0.191 e. The van der Waals surface area contributed by atoms with E-state index in [1.54, 1.807) is 0 Å². The molecule has 9 heteroatoms. The van der Waals surface area contributed by atoms with Gasteiger partial charge in [0.1, 0.15) is 11.6 Å². The van der Waals surface area contributed by atoms with Crippen molar-refractivity contribution in [2.75, 3.05) is 26.2 Å². The van der Waals surface area contributed by atoms with Crippen molar-refractivity contribution in [3.05, 3.63) is 65.9 Å². The quantitative estimate of drug-likeness (QED) is 0.268. The Kier molecular flexibility index (Phi) is 9.22. The van der Waals surface area contributed by atoms with Crippen LogP contribution in [0.1, 0.15) is 31.2 Å². The standard InChI is InChI=1S/C23H30FN7.HI/c1-2-25-23(26-13-10-22-29-28-21-5-3-4-14-31(21)22)27-20-11-15-30(16-12-20)17-18-6-8-19(24)9-7-18;/h3-9,14,20H,2,10-13,15-17H2,1H3,(H2,25,26,27);1H. The lowest BCUT2D eigenvalue weighted by Gasteiger charge is -2.33. The molecule has 2 aromatic heterocycles. The summed E-state index contributed by atoms with van der Waals surface area (Å²) in [5.74, 6) is 1.59. The van der Waals surface area contributed by atoms with Crippen LogP contribution in [-0.2, 0) is 13.0 Å². The van der Waals surface area contributed by atoms with Crippen LogP contribution in [0.5, 0.6) is 0 Å². The van der Waals surface area contributed by atoms with Gasteiger partial charge in [-0.25, -0.2) is 4.39 Å². The fraction of sp³-hybridized carbons (Fsp3) is 0.435. The van der Waals surface area contributed by atoms with Crippen LogP contribution in [0, 0.1) is 5.82 Å². The zero-order valence-corrected chi connectivity index (χ0v) is 20.7. The summed E-state index contributed by atoms with van der Waals surface area (Å²) in [4.78, 5) is 7.17. The highest BCUT2D eigenvalue weighted by atomic mass is 127. The Morgan fingerprint density at radius 1 is 1.12 bits per heavy atom. The highest BCUT2D eigenvalue weighted by molar-refractivity contribution is 14.0. The van der Waals surface area contributed by atoms with Gasteiger partial charge in [-0.1, -0.05) is 18.2 Å². The van der Waals surface area contributed by atoms with Crippen LogP contribution >= 0.6 is 24.0 Å². The van der Waals surface area contributed by atoms with E-state index in [2.05, 4.69) is 32.7 Å². The van der Waals surface area contributed by atoms with Gasteiger partial charge in [-0.05, 0) is 49.6 Å². The molecule has 1 fully saturated rings. The van der Waals surface area contributed by atoms with E-state index < -0.39 is 0 Å². The molecule has 0 atom stereocenters. The Hall–Kier alpha value is -2.27. The molecule has 2 N–H and O–H groups in total. The number of rotatable bonds is 7. The molecule has 3 aromatic rings. The van der Waals surface area contributed by atoms with Gasteiger partial charge in [0.2, 0.25) is 0 Å². The molecule has 1 aliphatic rings. The third-order valence-corrected chi connectivity index (χ3v) is 5.58. The van der Waals surface area contributed by atoms with Crippen LogP contribution in [0.3, 0.4) is 0 Å². The van der Waals surface area contributed by atoms with E-state index in [9.17, 15) is 4.39 Å². The summed E-state index contributed by atoms with van der Waals surface area (Å²) >= 11 is 0. The molecule has 7 nitrogen and oxygen atoms in total. The summed E-state index contributed by atoms with van der Waals surface area (Å²) < 4.78 is 15.1. The van der Waals surface area contributed by atoms with Gasteiger partial charge < -0.3 is 10.6 Å². The number of fused-ring (bicyclic) bond motifs is 1. The number of benzene rings is 1. The monoisotopic (exact) mass is 551 g/mol. The van der Waals surface area contributed by atoms with Crippen LogP contribution in [0.15, 0.2) is 53.7 Å². The lowest BCUT2D eigenvalue weighted by atomic mass is 10.0. The van der Waals surface area contributed by atoms with E-state index >= 15 is 0 Å². The molecule has 0 unspecified atom stereocenters. The number of halogens is 2. The minimum Gasteiger partial charge on any atom is -0.357 e. The highest BCUT2D eigenvalue weighted by Gasteiger charge is 2.20. The lowest BCUT2D eigenvalue weighted by Crippen LogP contribution is -2.48. The number of hydrogen-bond acceptors (Lipinski definition) is 4. The maximum atomic E-state index is 13.1. The van der Waals surface area contributed by atoms with Gasteiger partial charge in [0.25, 0.3) is 0 Å². The second-order valence-electron chi connectivity index (χ2n) is 7.88. The van der Waals surface area contributed by atoms with Gasteiger partial charge >= 0.3 is 0 Å². The minimum absolute atomic E-state index is 0. The summed E-state index contributed by atoms with van der Waals surface area (Å²) in [6.45, 7) is 6.44. The number of nitrogens with zero attached hydrogens (tertiary/aromatic N) is 5. The normalized spacial score (nSPS) is 15.5. The maximum absolute atomic E-state index is 13.1. The van der Waals surface area contributed by atoms with E-state index in [1.165, 1.54) is 12.1 Å². The molecular weight excluding hydrogens is 520 g/mol. The Balaban J connectivity index is 0.00000289. The van der Waals surface area contributed by atoms with E-state index in [1.807, 2.05) is 40.9 Å². The topological polar surface area (TPSA) is 69.8 Å². The molecule has 1 saturated heterocycles. The highest BCUT2D eigenvalue weighted by Crippen LogP contribution is 2.14. The molecule has 0 aliphatic carbocycles. The first kappa shape index (κ1) is 24.4. The Morgan fingerprint density at radius 3 is 2.66 bits per heavy atom. The first-order chi connectivity index (χ1) is 15.2. The third-order valence-electron chi connectivity index (χ3n) is 5.58. The summed E-state index contributed by atoms with van der Waals surface area (Å²) in [6.07, 6.45) is 4.83. The molecule has 3 heterocycles. The van der Waals surface area contributed by atoms with Crippen LogP contribution in [0.4, 0.5) is 4.39 Å². The fourth-order valence-corrected chi connectivity index (χ4v) is 3.93. The zero-order valence-electron chi connectivity index (χ0n) is 18.4. The second kappa shape index (κ2) is 12.1. The third kappa shape index (κ3) is 6.61. The van der Waals surface area contributed by atoms with E-state index in [0.29, 0.717) is 12.6 Å². The Bertz CT molecular complexity index is 997. The molecule has 172 valence electrons. The Labute approximate surface area is 205 Å². The molecule has 4 rings (SSSR count). The molecule has 1 aromatic carbocycles. The number of pyridine rings is 1. The van der Waals surface area contributed by atoms with Crippen LogP contribution in [0.2, 0.25) is 0 Å². The minimum atomic E-state index is -0.181. The molecule has 0 bridgehead atoms. The van der Waals surface area contributed by atoms with Gasteiger partial charge in [-0.2, -0.15) is 0 Å². The number of piperidine rings is 1. The first-order valence-electron chi connectivity index (χ1n) is 11.0. The molecule has 1 aliphatic heterocycles. The average Bonchev–Trinajstić information content (AvgIpc) is 3.20. The molecular formula is C23H31FIN7. The van der Waals surface area contributed by atoms with Crippen molar-refractivity contribution < 1.29 is 4.39 Å². The van der Waals surface area contributed by atoms with E-state index in [0.717, 1.165) is 68.4 Å². The smallest absolute Gasteiger partial charge is 0.191 e. The number of aromatic nitrogens is 3. The molecule has 0 saturated carbocycles. The van der Waals surface area contributed by atoms with Crippen molar-refractivity contribution in [3.8, 4) is 0 Å². The van der Waals surface area contributed by atoms with E-state index in [4.69, 9.17) is 4.99 Å². The van der Waals surface area contributed by atoms with Crippen molar-refractivity contribution in [3.63, 3.8) is 0 Å². The molecule has 0 radical (unpaired) electrons. The molecule has 0 spiro atoms. The van der Waals surface area contributed by atoms with Gasteiger partial charge in [0.15, 0.2) is 11.6 Å². The van der Waals surface area contributed by atoms with E-state index in [-0.39, 0.29) is 29.8 Å². The molecule has 32 heavy (non-hydrogen) atoms. The van der Waals surface area contributed by atoms with Crippen molar-refractivity contribution in [2.45, 2.75) is 38.8 Å². The fourth-order valence-electron chi connectivity index (χ4n) is 3.93. The summed E-state index contributed by atoms with van der Waals surface area (Å²) in [6, 6.07) is 13.1. The largest absolute Gasteiger partial charge is 0.357 e. The second-order valence-corrected chi connectivity index (χ2v) is 7.88. The summed E-state index contributed by atoms with van der Waals surface area (Å²) in [7, 11) is 0. The predicted molar refractivity (Wildman–Crippen MR) is 136 cm³/mol. The number of likely N-dealkylation sites (tertiary alicyclic amines) is 1.